The molecule has 0 atom stereocenters. The van der Waals surface area contributed by atoms with Crippen molar-refractivity contribution in [2.45, 2.75) is 46.6 Å². The van der Waals surface area contributed by atoms with E-state index < -0.39 is 5.97 Å². The lowest BCUT2D eigenvalue weighted by Crippen LogP contribution is -2.05. The van der Waals surface area contributed by atoms with E-state index in [0.29, 0.717) is 29.5 Å². The van der Waals surface area contributed by atoms with Crippen molar-refractivity contribution in [1.82, 2.24) is 9.55 Å². The van der Waals surface area contributed by atoms with Crippen LogP contribution in [0.1, 0.15) is 66.6 Å². The Morgan fingerprint density at radius 3 is 2.25 bits per heavy atom. The number of imidazole rings is 1. The second-order valence-corrected chi connectivity index (χ2v) is 11.3. The number of nitrogens with two attached hydrogens (primary N) is 1. The number of nitrogen functional groups attached to an aromatic ring is 1. The number of aromatic nitrogens is 2. The van der Waals surface area contributed by atoms with Crippen LogP contribution in [0.5, 0.6) is 0 Å². The van der Waals surface area contributed by atoms with Gasteiger partial charge in [-0.05, 0) is 76.4 Å². The van der Waals surface area contributed by atoms with Gasteiger partial charge in [0.2, 0.25) is 0 Å². The zero-order valence-electron chi connectivity index (χ0n) is 25.3. The van der Waals surface area contributed by atoms with Crippen molar-refractivity contribution in [3.05, 3.63) is 135 Å². The fourth-order valence-electron chi connectivity index (χ4n) is 4.40. The van der Waals surface area contributed by atoms with E-state index >= 15 is 0 Å². The van der Waals surface area contributed by atoms with Gasteiger partial charge in [0.05, 0.1) is 11.3 Å². The Bertz CT molecular complexity index is 1620. The maximum atomic E-state index is 11.3. The summed E-state index contributed by atoms with van der Waals surface area (Å²) >= 11 is 16.5. The Balaban J connectivity index is 0.000000816. The van der Waals surface area contributed by atoms with Gasteiger partial charge < -0.3 is 15.4 Å². The Kier molecular flexibility index (Phi) is 13.9. The molecule has 1 heterocycles. The van der Waals surface area contributed by atoms with E-state index in [9.17, 15) is 9.90 Å². The van der Waals surface area contributed by atoms with Crippen LogP contribution in [0, 0.1) is 0 Å². The van der Waals surface area contributed by atoms with Gasteiger partial charge in [-0.1, -0.05) is 98.6 Å². The van der Waals surface area contributed by atoms with Crippen LogP contribution in [-0.4, -0.2) is 26.4 Å². The molecule has 230 valence electrons. The standard InChI is InChI=1S/C31H25Cl2N3O2.C3H8S.C2H6/c32-26-13-12-25(15-27(33)17-26)29-19-36(18-21-6-10-23(11-7-21)31(37)38)30(35-29)14-20-4-8-22(9-5-20)24-2-1-3-28(34)16-24;1-2-3-4;1-2/h1-13,16-17,19H,14-15,18,34H2,(H,37,38);4H,2-3H2,1H3;1-2H3. The molecule has 5 rings (SSSR count). The smallest absolute Gasteiger partial charge is 0.335 e. The Morgan fingerprint density at radius 1 is 0.977 bits per heavy atom. The SMILES string of the molecule is CC.CCCS.Nc1cccc(-c2ccc(Cc3nc(C4=CC=C(Cl)C=C(Cl)C4)cn3Cc3ccc(C(=O)O)cc3)cc2)c1. The molecule has 4 aromatic rings. The molecule has 44 heavy (non-hydrogen) atoms. The number of carbonyl (C=O) groups is 1. The van der Waals surface area contributed by atoms with Crippen LogP contribution in [0.25, 0.3) is 16.7 Å². The summed E-state index contributed by atoms with van der Waals surface area (Å²) in [7, 11) is 0. The predicted molar refractivity (Wildman–Crippen MR) is 190 cm³/mol. The Labute approximate surface area is 276 Å². The summed E-state index contributed by atoms with van der Waals surface area (Å²) in [5.74, 6) is 0.958. The monoisotopic (exact) mass is 647 g/mol. The number of benzene rings is 3. The Morgan fingerprint density at radius 2 is 1.64 bits per heavy atom. The quantitative estimate of drug-likeness (QED) is 0.131. The first-order valence-electron chi connectivity index (χ1n) is 14.6. The van der Waals surface area contributed by atoms with Gasteiger partial charge in [-0.25, -0.2) is 9.78 Å². The fourth-order valence-corrected chi connectivity index (χ4v) is 4.91. The maximum Gasteiger partial charge on any atom is 0.335 e. The van der Waals surface area contributed by atoms with Crippen LogP contribution >= 0.6 is 35.8 Å². The van der Waals surface area contributed by atoms with Crippen LogP contribution in [-0.2, 0) is 13.0 Å². The van der Waals surface area contributed by atoms with E-state index in [4.69, 9.17) is 33.9 Å². The summed E-state index contributed by atoms with van der Waals surface area (Å²) < 4.78 is 2.10. The van der Waals surface area contributed by atoms with Crippen LogP contribution in [0.4, 0.5) is 5.69 Å². The minimum atomic E-state index is -0.944. The van der Waals surface area contributed by atoms with Crippen molar-refractivity contribution in [3.8, 4) is 11.1 Å². The summed E-state index contributed by atoms with van der Waals surface area (Å²) in [6.07, 6.45) is 9.88. The molecule has 5 nitrogen and oxygen atoms in total. The van der Waals surface area contributed by atoms with E-state index in [2.05, 4.69) is 48.4 Å². The molecule has 0 unspecified atom stereocenters. The van der Waals surface area contributed by atoms with Gasteiger partial charge in [-0.15, -0.1) is 0 Å². The van der Waals surface area contributed by atoms with Crippen molar-refractivity contribution in [2.75, 3.05) is 11.5 Å². The summed E-state index contributed by atoms with van der Waals surface area (Å²) in [5.41, 5.74) is 13.0. The van der Waals surface area contributed by atoms with Gasteiger partial charge >= 0.3 is 5.97 Å². The molecule has 0 saturated heterocycles. The molecule has 3 N–H and O–H groups in total. The molecule has 1 aromatic heterocycles. The van der Waals surface area contributed by atoms with Crippen molar-refractivity contribution in [2.24, 2.45) is 0 Å². The third kappa shape index (κ3) is 10.2. The van der Waals surface area contributed by atoms with E-state index in [-0.39, 0.29) is 5.56 Å². The number of thiol groups is 1. The van der Waals surface area contributed by atoms with Crippen LogP contribution in [0.3, 0.4) is 0 Å². The molecular weight excluding hydrogens is 609 g/mol. The first-order chi connectivity index (χ1) is 21.2. The highest BCUT2D eigenvalue weighted by Gasteiger charge is 2.15. The van der Waals surface area contributed by atoms with E-state index in [1.807, 2.05) is 68.6 Å². The molecule has 8 heteroatoms. The van der Waals surface area contributed by atoms with E-state index in [1.54, 1.807) is 18.2 Å². The topological polar surface area (TPSA) is 81.1 Å². The van der Waals surface area contributed by atoms with Crippen molar-refractivity contribution in [1.29, 1.82) is 0 Å². The number of carboxylic acid groups (broad SMARTS) is 1. The molecular formula is C36H39Cl2N3O2S. The van der Waals surface area contributed by atoms with E-state index in [1.165, 1.54) is 6.42 Å². The van der Waals surface area contributed by atoms with Gasteiger partial charge in [0, 0.05) is 41.3 Å². The first kappa shape index (κ1) is 34.8. The number of nitrogens with zero attached hydrogens (tertiary/aromatic N) is 2. The number of rotatable bonds is 8. The molecule has 0 saturated carbocycles. The predicted octanol–water partition coefficient (Wildman–Crippen LogP) is 9.85. The van der Waals surface area contributed by atoms with Crippen molar-refractivity contribution < 1.29 is 9.90 Å². The molecule has 0 amide bonds. The maximum absolute atomic E-state index is 11.3. The van der Waals surface area contributed by atoms with Crippen LogP contribution < -0.4 is 5.73 Å². The zero-order chi connectivity index (χ0) is 32.1. The van der Waals surface area contributed by atoms with Crippen molar-refractivity contribution >= 4 is 53.1 Å². The van der Waals surface area contributed by atoms with Crippen LogP contribution in [0.15, 0.2) is 107 Å². The second-order valence-electron chi connectivity index (χ2n) is 9.91. The molecule has 0 bridgehead atoms. The highest BCUT2D eigenvalue weighted by atomic mass is 35.5. The minimum absolute atomic E-state index is 0.259. The Hall–Kier alpha value is -3.71. The lowest BCUT2D eigenvalue weighted by molar-refractivity contribution is 0.0697. The summed E-state index contributed by atoms with van der Waals surface area (Å²) in [4.78, 5) is 16.2. The van der Waals surface area contributed by atoms with Gasteiger partial charge in [-0.2, -0.15) is 12.6 Å². The van der Waals surface area contributed by atoms with Crippen LogP contribution in [0.2, 0.25) is 0 Å². The summed E-state index contributed by atoms with van der Waals surface area (Å²) in [5, 5.41) is 10.5. The normalized spacial score (nSPS) is 12.4. The molecule has 0 spiro atoms. The molecule has 0 fully saturated rings. The fraction of sp³-hybridized carbons (Fsp3) is 0.222. The number of hydrogen-bond donors (Lipinski definition) is 3. The van der Waals surface area contributed by atoms with Crippen molar-refractivity contribution in [3.63, 3.8) is 0 Å². The lowest BCUT2D eigenvalue weighted by atomic mass is 10.0. The molecule has 1 aliphatic rings. The number of anilines is 1. The minimum Gasteiger partial charge on any atom is -0.478 e. The number of hydrogen-bond acceptors (Lipinski definition) is 4. The first-order valence-corrected chi connectivity index (χ1v) is 16.0. The third-order valence-electron chi connectivity index (χ3n) is 6.60. The molecule has 0 radical (unpaired) electrons. The average molecular weight is 649 g/mol. The van der Waals surface area contributed by atoms with Gasteiger partial charge in [-0.3, -0.25) is 0 Å². The lowest BCUT2D eigenvalue weighted by Gasteiger charge is -2.09. The largest absolute Gasteiger partial charge is 0.478 e. The van der Waals surface area contributed by atoms with Gasteiger partial charge in [0.15, 0.2) is 0 Å². The van der Waals surface area contributed by atoms with E-state index in [0.717, 1.165) is 50.8 Å². The van der Waals surface area contributed by atoms with Gasteiger partial charge in [0.25, 0.3) is 0 Å². The molecule has 1 aliphatic carbocycles. The number of halogens is 2. The summed E-state index contributed by atoms with van der Waals surface area (Å²) in [6.45, 7) is 6.66. The number of carboxylic acids is 1. The highest BCUT2D eigenvalue weighted by Crippen LogP contribution is 2.30. The summed E-state index contributed by atoms with van der Waals surface area (Å²) in [6, 6.07) is 23.1. The third-order valence-corrected chi connectivity index (χ3v) is 7.52. The highest BCUT2D eigenvalue weighted by molar-refractivity contribution is 7.80. The van der Waals surface area contributed by atoms with Gasteiger partial charge in [0.1, 0.15) is 5.82 Å². The number of allylic oxidation sites excluding steroid dienone is 6. The molecule has 3 aromatic carbocycles. The zero-order valence-corrected chi connectivity index (χ0v) is 27.7. The molecule has 0 aliphatic heterocycles. The number of aromatic carboxylic acids is 1. The second kappa shape index (κ2) is 17.6. The average Bonchev–Trinajstić information content (AvgIpc) is 3.33.